The number of para-hydroxylation sites is 1. The number of carbonyl (C=O) groups excluding carboxylic acids is 2. The lowest BCUT2D eigenvalue weighted by atomic mass is 10.1. The van der Waals surface area contributed by atoms with Gasteiger partial charge in [-0.2, -0.15) is 14.7 Å². The fourth-order valence-electron chi connectivity index (χ4n) is 3.22. The monoisotopic (exact) mass is 424 g/mol. The maximum atomic E-state index is 8.12. The van der Waals surface area contributed by atoms with Gasteiger partial charge in [-0.15, -0.1) is 0 Å². The van der Waals surface area contributed by atoms with Crippen molar-refractivity contribution in [2.75, 3.05) is 5.73 Å². The minimum Gasteiger partial charge on any atom is -0.457 e. The van der Waals surface area contributed by atoms with Crippen LogP contribution in [0.2, 0.25) is 0 Å². The number of hydrogen-bond acceptors (Lipinski definition) is 5. The predicted octanol–water partition coefficient (Wildman–Crippen LogP) is 5.44. The normalized spacial score (nSPS) is 9.75. The van der Waals surface area contributed by atoms with Gasteiger partial charge in [0, 0.05) is 5.69 Å². The molecule has 0 saturated heterocycles. The van der Waals surface area contributed by atoms with Crippen molar-refractivity contribution in [3.05, 3.63) is 96.0 Å². The van der Waals surface area contributed by atoms with Gasteiger partial charge in [0.1, 0.15) is 11.5 Å². The zero-order valence-corrected chi connectivity index (χ0v) is 17.4. The number of anilines is 1. The lowest BCUT2D eigenvalue weighted by molar-refractivity contribution is -0.191. The fraction of sp³-hybridized carbons (Fsp3) is 0.0800. The van der Waals surface area contributed by atoms with E-state index in [1.54, 1.807) is 4.68 Å². The maximum absolute atomic E-state index is 8.12. The van der Waals surface area contributed by atoms with Gasteiger partial charge in [0.25, 0.3) is 0 Å². The molecule has 0 bridgehead atoms. The molecule has 4 aromatic rings. The number of rotatable bonds is 5. The van der Waals surface area contributed by atoms with Gasteiger partial charge in [-0.3, -0.25) is 0 Å². The van der Waals surface area contributed by atoms with Crippen LogP contribution in [0.3, 0.4) is 0 Å². The molecule has 7 heteroatoms. The molecule has 0 unspecified atom stereocenters. The summed E-state index contributed by atoms with van der Waals surface area (Å²) in [5.74, 6) is 1.51. The van der Waals surface area contributed by atoms with Crippen LogP contribution in [0.1, 0.15) is 12.6 Å². The van der Waals surface area contributed by atoms with Crippen LogP contribution < -0.4 is 10.5 Å². The molecule has 0 fully saturated rings. The summed E-state index contributed by atoms with van der Waals surface area (Å²) < 4.78 is 7.68. The molecule has 4 rings (SSSR count). The number of aromatic nitrogens is 2. The van der Waals surface area contributed by atoms with E-state index in [1.807, 2.05) is 85.8 Å². The molecular weight excluding hydrogens is 404 g/mol. The van der Waals surface area contributed by atoms with Gasteiger partial charge in [0.05, 0.1) is 23.6 Å². The first kappa shape index (κ1) is 22.0. The molecule has 0 atom stereocenters. The first-order valence-electron chi connectivity index (χ1n) is 9.79. The zero-order chi connectivity index (χ0) is 22.9. The first-order chi connectivity index (χ1) is 15.6. The maximum Gasteiger partial charge on any atom is 0.373 e. The van der Waals surface area contributed by atoms with Crippen LogP contribution >= 0.6 is 0 Å². The van der Waals surface area contributed by atoms with Gasteiger partial charge in [0.2, 0.25) is 5.69 Å². The number of aryl methyl sites for hydroxylation is 1. The van der Waals surface area contributed by atoms with Crippen LogP contribution in [0.15, 0.2) is 78.9 Å². The Labute approximate surface area is 185 Å². The number of nitrogens with zero attached hydrogens (tertiary/aromatic N) is 3. The molecule has 158 valence electrons. The number of nitrogen functional groups attached to an aromatic ring is 1. The van der Waals surface area contributed by atoms with Crippen molar-refractivity contribution in [1.29, 1.82) is 0 Å². The molecular formula is C25H20N4O3. The minimum absolute atomic E-state index is 0.250. The van der Waals surface area contributed by atoms with Crippen molar-refractivity contribution in [1.82, 2.24) is 9.78 Å². The minimum atomic E-state index is 0.250. The molecule has 0 aliphatic heterocycles. The molecule has 1 aromatic heterocycles. The van der Waals surface area contributed by atoms with Gasteiger partial charge in [-0.1, -0.05) is 43.3 Å². The Morgan fingerprint density at radius 1 is 1.00 bits per heavy atom. The van der Waals surface area contributed by atoms with E-state index < -0.39 is 0 Å². The number of ether oxygens (including phenoxy) is 1. The first-order valence-corrected chi connectivity index (χ1v) is 9.79. The Morgan fingerprint density at radius 2 is 1.66 bits per heavy atom. The van der Waals surface area contributed by atoms with E-state index in [0.717, 1.165) is 34.1 Å². The lowest BCUT2D eigenvalue weighted by Crippen LogP contribution is -2.00. The van der Waals surface area contributed by atoms with Crippen LogP contribution in [0, 0.1) is 6.57 Å². The predicted molar refractivity (Wildman–Crippen MR) is 121 cm³/mol. The van der Waals surface area contributed by atoms with Crippen molar-refractivity contribution < 1.29 is 14.3 Å². The highest BCUT2D eigenvalue weighted by molar-refractivity contribution is 5.79. The summed E-state index contributed by atoms with van der Waals surface area (Å²) in [5.41, 5.74) is 10.4. The second kappa shape index (κ2) is 10.4. The van der Waals surface area contributed by atoms with Crippen molar-refractivity contribution in [3.63, 3.8) is 0 Å². The average Bonchev–Trinajstić information content (AvgIpc) is 3.20. The summed E-state index contributed by atoms with van der Waals surface area (Å²) in [6, 6.07) is 24.9. The van der Waals surface area contributed by atoms with Gasteiger partial charge < -0.3 is 10.5 Å². The fourth-order valence-corrected chi connectivity index (χ4v) is 3.22. The standard InChI is InChI=1S/C24H20N4O.CO2/c1-3-22-23(26-2)24(28(27-22)19-9-7-8-18(25)16-19)17-12-14-21(15-13-17)29-20-10-5-4-6-11-20;2-1-3/h4-16H,3,25H2,1H3;. The van der Waals surface area contributed by atoms with E-state index in [-0.39, 0.29) is 6.15 Å². The van der Waals surface area contributed by atoms with E-state index in [1.165, 1.54) is 0 Å². The average molecular weight is 424 g/mol. The second-order valence-corrected chi connectivity index (χ2v) is 6.64. The molecule has 0 aliphatic rings. The molecule has 0 saturated carbocycles. The Morgan fingerprint density at radius 3 is 2.25 bits per heavy atom. The molecule has 7 nitrogen and oxygen atoms in total. The third-order valence-electron chi connectivity index (χ3n) is 4.60. The number of hydrogen-bond donors (Lipinski definition) is 1. The Bertz CT molecular complexity index is 1270. The largest absolute Gasteiger partial charge is 0.457 e. The van der Waals surface area contributed by atoms with Crippen molar-refractivity contribution >= 4 is 17.5 Å². The van der Waals surface area contributed by atoms with Crippen molar-refractivity contribution in [2.45, 2.75) is 13.3 Å². The van der Waals surface area contributed by atoms with Crippen LogP contribution in [-0.2, 0) is 16.0 Å². The summed E-state index contributed by atoms with van der Waals surface area (Å²) in [6.07, 6.45) is 0.926. The topological polar surface area (TPSA) is 91.6 Å². The lowest BCUT2D eigenvalue weighted by Gasteiger charge is -2.11. The summed E-state index contributed by atoms with van der Waals surface area (Å²) in [7, 11) is 0. The summed E-state index contributed by atoms with van der Waals surface area (Å²) >= 11 is 0. The molecule has 0 amide bonds. The molecule has 1 heterocycles. The van der Waals surface area contributed by atoms with E-state index in [4.69, 9.17) is 31.7 Å². The highest BCUT2D eigenvalue weighted by Crippen LogP contribution is 2.37. The highest BCUT2D eigenvalue weighted by Gasteiger charge is 2.20. The molecule has 2 N–H and O–H groups in total. The van der Waals surface area contributed by atoms with E-state index in [0.29, 0.717) is 17.8 Å². The molecule has 32 heavy (non-hydrogen) atoms. The smallest absolute Gasteiger partial charge is 0.373 e. The van der Waals surface area contributed by atoms with E-state index in [2.05, 4.69) is 4.85 Å². The SMILES string of the molecule is O=C=O.[C-]#[N+]c1c(CC)nn(-c2cccc(N)c2)c1-c1ccc(Oc2ccccc2)cc1. The Balaban J connectivity index is 0.000000913. The van der Waals surface area contributed by atoms with Crippen LogP contribution in [0.5, 0.6) is 11.5 Å². The summed E-state index contributed by atoms with van der Waals surface area (Å²) in [5, 5.41) is 4.69. The van der Waals surface area contributed by atoms with Gasteiger partial charge in [-0.25, -0.2) is 9.53 Å². The molecule has 0 spiro atoms. The second-order valence-electron chi connectivity index (χ2n) is 6.64. The summed E-state index contributed by atoms with van der Waals surface area (Å²) in [6.45, 7) is 9.71. The zero-order valence-electron chi connectivity index (χ0n) is 17.4. The van der Waals surface area contributed by atoms with Gasteiger partial charge in [0.15, 0.2) is 0 Å². The van der Waals surface area contributed by atoms with Gasteiger partial charge >= 0.3 is 6.15 Å². The van der Waals surface area contributed by atoms with Crippen LogP contribution in [0.4, 0.5) is 11.4 Å². The Hall–Kier alpha value is -4.66. The third-order valence-corrected chi connectivity index (χ3v) is 4.60. The van der Waals surface area contributed by atoms with Crippen molar-refractivity contribution in [2.24, 2.45) is 0 Å². The number of nitrogens with two attached hydrogens (primary N) is 1. The van der Waals surface area contributed by atoms with Crippen LogP contribution in [0.25, 0.3) is 21.8 Å². The Kier molecular flexibility index (Phi) is 7.16. The summed E-state index contributed by atoms with van der Waals surface area (Å²) in [4.78, 5) is 20.0. The number of benzene rings is 3. The highest BCUT2D eigenvalue weighted by atomic mass is 16.5. The van der Waals surface area contributed by atoms with Crippen molar-refractivity contribution in [3.8, 4) is 28.4 Å². The molecule has 0 aliphatic carbocycles. The molecule has 3 aromatic carbocycles. The molecule has 0 radical (unpaired) electrons. The quantitative estimate of drug-likeness (QED) is 0.340. The van der Waals surface area contributed by atoms with E-state index >= 15 is 0 Å². The van der Waals surface area contributed by atoms with Gasteiger partial charge in [-0.05, 0) is 54.4 Å². The van der Waals surface area contributed by atoms with E-state index in [9.17, 15) is 0 Å². The third kappa shape index (κ3) is 4.90. The van der Waals surface area contributed by atoms with Crippen LogP contribution in [-0.4, -0.2) is 15.9 Å².